The number of fused-ring (bicyclic) bond motifs is 1. The normalized spacial score (nSPS) is 26.3. The van der Waals surface area contributed by atoms with Gasteiger partial charge >= 0.3 is 6.09 Å². The summed E-state index contributed by atoms with van der Waals surface area (Å²) in [5.74, 6) is 0.976. The van der Waals surface area contributed by atoms with Crippen molar-refractivity contribution in [2.75, 3.05) is 18.0 Å². The smallest absolute Gasteiger partial charge is 0.410 e. The number of carbonyl (C=O) groups excluding carboxylic acids is 1. The zero-order chi connectivity index (χ0) is 23.9. The van der Waals surface area contributed by atoms with Gasteiger partial charge in [0.1, 0.15) is 23.4 Å². The lowest BCUT2D eigenvalue weighted by Crippen LogP contribution is -2.59. The van der Waals surface area contributed by atoms with Crippen LogP contribution in [0, 0.1) is 17.2 Å². The fourth-order valence-corrected chi connectivity index (χ4v) is 5.63. The molecule has 9 heteroatoms. The number of nitriles is 1. The summed E-state index contributed by atoms with van der Waals surface area (Å²) in [6, 6.07) is 2.77. The minimum Gasteiger partial charge on any atom is -0.444 e. The molecule has 0 spiro atoms. The lowest BCUT2D eigenvalue weighted by Gasteiger charge is -2.44. The van der Waals surface area contributed by atoms with Crippen LogP contribution in [0.25, 0.3) is 11.0 Å². The van der Waals surface area contributed by atoms with E-state index < -0.39 is 5.60 Å². The lowest BCUT2D eigenvalue weighted by atomic mass is 9.86. The van der Waals surface area contributed by atoms with Gasteiger partial charge < -0.3 is 19.1 Å². The van der Waals surface area contributed by atoms with E-state index in [1.165, 1.54) is 0 Å². The number of rotatable bonds is 2. The summed E-state index contributed by atoms with van der Waals surface area (Å²) in [7, 11) is 0. The molecule has 33 heavy (non-hydrogen) atoms. The van der Waals surface area contributed by atoms with E-state index in [-0.39, 0.29) is 30.1 Å². The number of anilines is 1. The van der Waals surface area contributed by atoms with Crippen molar-refractivity contribution in [1.29, 1.82) is 5.26 Å². The molecule has 0 bridgehead atoms. The molecule has 8 nitrogen and oxygen atoms in total. The highest BCUT2D eigenvalue weighted by Gasteiger charge is 2.36. The van der Waals surface area contributed by atoms with Crippen molar-refractivity contribution in [3.63, 3.8) is 0 Å². The maximum atomic E-state index is 12.7. The number of carbonyl (C=O) groups is 1. The number of nitrogens with zero attached hydrogens (tertiary/aromatic N) is 6. The molecule has 0 N–H and O–H groups in total. The van der Waals surface area contributed by atoms with Crippen LogP contribution in [0.4, 0.5) is 10.6 Å². The second-order valence-electron chi connectivity index (χ2n) is 10.4. The van der Waals surface area contributed by atoms with Crippen molar-refractivity contribution >= 4 is 38.9 Å². The molecule has 2 fully saturated rings. The van der Waals surface area contributed by atoms with Gasteiger partial charge in [-0.2, -0.15) is 5.26 Å². The highest BCUT2D eigenvalue weighted by atomic mass is 79.9. The van der Waals surface area contributed by atoms with Gasteiger partial charge in [-0.15, -0.1) is 0 Å². The SMILES string of the molecule is C[C@@H]1CN(c2ncnc3c2c(Br)cn3[C@H]2CCC[C@@H](C#N)C2)[C@@H](C)CN1C(=O)OC(C)(C)C. The van der Waals surface area contributed by atoms with Gasteiger partial charge in [-0.25, -0.2) is 14.8 Å². The Morgan fingerprint density at radius 2 is 1.97 bits per heavy atom. The molecular formula is C24H33BrN6O2. The monoisotopic (exact) mass is 516 g/mol. The number of hydrogen-bond acceptors (Lipinski definition) is 6. The van der Waals surface area contributed by atoms with Gasteiger partial charge in [-0.3, -0.25) is 0 Å². The molecule has 1 aliphatic carbocycles. The molecule has 1 aliphatic heterocycles. The van der Waals surface area contributed by atoms with Gasteiger partial charge in [0.15, 0.2) is 0 Å². The van der Waals surface area contributed by atoms with Gasteiger partial charge in [0.25, 0.3) is 0 Å². The molecule has 2 aliphatic rings. The molecule has 0 unspecified atom stereocenters. The Balaban J connectivity index is 1.62. The van der Waals surface area contributed by atoms with Crippen molar-refractivity contribution in [3.8, 4) is 6.07 Å². The standard InChI is InChI=1S/C24H33BrN6O2/c1-15-12-30(23(32)33-24(3,4)5)16(2)11-29(15)21-20-19(25)13-31(22(20)28-14-27-21)18-8-6-7-17(9-18)10-26/h13-18H,6-9,11-12H2,1-5H3/t15-,16+,17+,18-/m0/s1. The van der Waals surface area contributed by atoms with Crippen LogP contribution in [-0.2, 0) is 4.74 Å². The van der Waals surface area contributed by atoms with E-state index in [1.54, 1.807) is 6.33 Å². The Kier molecular flexibility index (Phi) is 6.59. The summed E-state index contributed by atoms with van der Waals surface area (Å²) >= 11 is 3.76. The number of aromatic nitrogens is 3. The predicted octanol–water partition coefficient (Wildman–Crippen LogP) is 5.28. The van der Waals surface area contributed by atoms with E-state index in [0.717, 1.165) is 47.0 Å². The molecule has 1 amide bonds. The van der Waals surface area contributed by atoms with Gasteiger partial charge in [0.05, 0.1) is 11.5 Å². The molecule has 4 atom stereocenters. The van der Waals surface area contributed by atoms with E-state index in [9.17, 15) is 10.1 Å². The second-order valence-corrected chi connectivity index (χ2v) is 11.3. The first kappa shape index (κ1) is 23.8. The van der Waals surface area contributed by atoms with Crippen LogP contribution < -0.4 is 4.90 Å². The van der Waals surface area contributed by atoms with Crippen LogP contribution in [0.15, 0.2) is 17.0 Å². The zero-order valence-corrected chi connectivity index (χ0v) is 21.7. The van der Waals surface area contributed by atoms with E-state index >= 15 is 0 Å². The van der Waals surface area contributed by atoms with Gasteiger partial charge in [-0.1, -0.05) is 6.42 Å². The average Bonchev–Trinajstić information content (AvgIpc) is 3.11. The number of piperazine rings is 1. The first-order chi connectivity index (χ1) is 15.6. The minimum absolute atomic E-state index is 0.0170. The predicted molar refractivity (Wildman–Crippen MR) is 131 cm³/mol. The Bertz CT molecular complexity index is 1070. The topological polar surface area (TPSA) is 87.3 Å². The van der Waals surface area contributed by atoms with Gasteiger partial charge in [0, 0.05) is 47.8 Å². The zero-order valence-electron chi connectivity index (χ0n) is 20.1. The molecule has 1 saturated heterocycles. The van der Waals surface area contributed by atoms with Crippen molar-refractivity contribution in [2.45, 2.75) is 84.0 Å². The van der Waals surface area contributed by atoms with Crippen molar-refractivity contribution in [3.05, 3.63) is 17.0 Å². The Labute approximate surface area is 204 Å². The quantitative estimate of drug-likeness (QED) is 0.539. The van der Waals surface area contributed by atoms with E-state index in [1.807, 2.05) is 32.6 Å². The third-order valence-electron chi connectivity index (χ3n) is 6.65. The van der Waals surface area contributed by atoms with Crippen LogP contribution in [0.5, 0.6) is 0 Å². The van der Waals surface area contributed by atoms with Crippen LogP contribution in [0.3, 0.4) is 0 Å². The Morgan fingerprint density at radius 3 is 2.67 bits per heavy atom. The average molecular weight is 517 g/mol. The lowest BCUT2D eigenvalue weighted by molar-refractivity contribution is 0.0130. The molecule has 2 aromatic rings. The van der Waals surface area contributed by atoms with E-state index in [0.29, 0.717) is 13.1 Å². The number of amides is 1. The summed E-state index contributed by atoms with van der Waals surface area (Å²) in [6.07, 6.45) is 7.39. The van der Waals surface area contributed by atoms with Crippen LogP contribution >= 0.6 is 15.9 Å². The van der Waals surface area contributed by atoms with Crippen LogP contribution in [0.1, 0.15) is 66.3 Å². The third-order valence-corrected chi connectivity index (χ3v) is 7.25. The maximum Gasteiger partial charge on any atom is 0.410 e. The highest BCUT2D eigenvalue weighted by Crippen LogP contribution is 2.39. The Hall–Kier alpha value is -2.34. The first-order valence-electron chi connectivity index (χ1n) is 11.8. The first-order valence-corrected chi connectivity index (χ1v) is 12.5. The van der Waals surface area contributed by atoms with Crippen molar-refractivity contribution in [1.82, 2.24) is 19.4 Å². The van der Waals surface area contributed by atoms with Crippen LogP contribution in [-0.4, -0.2) is 56.3 Å². The summed E-state index contributed by atoms with van der Waals surface area (Å²) in [6.45, 7) is 11.0. The molecular weight excluding hydrogens is 484 g/mol. The van der Waals surface area contributed by atoms with E-state index in [2.05, 4.69) is 54.6 Å². The van der Waals surface area contributed by atoms with Gasteiger partial charge in [0.2, 0.25) is 0 Å². The second kappa shape index (κ2) is 9.13. The molecule has 178 valence electrons. The van der Waals surface area contributed by atoms with E-state index in [4.69, 9.17) is 4.74 Å². The molecule has 0 aromatic carbocycles. The number of hydrogen-bond donors (Lipinski definition) is 0. The molecule has 4 rings (SSSR count). The van der Waals surface area contributed by atoms with Crippen LogP contribution in [0.2, 0.25) is 0 Å². The fraction of sp³-hybridized carbons (Fsp3) is 0.667. The third kappa shape index (κ3) is 4.81. The largest absolute Gasteiger partial charge is 0.444 e. The summed E-state index contributed by atoms with van der Waals surface area (Å²) < 4.78 is 8.80. The molecule has 3 heterocycles. The van der Waals surface area contributed by atoms with Crippen molar-refractivity contribution in [2.24, 2.45) is 5.92 Å². The molecule has 0 radical (unpaired) electrons. The molecule has 1 saturated carbocycles. The maximum absolute atomic E-state index is 12.7. The molecule has 2 aromatic heterocycles. The Morgan fingerprint density at radius 1 is 1.21 bits per heavy atom. The number of ether oxygens (including phenoxy) is 1. The fourth-order valence-electron chi connectivity index (χ4n) is 5.05. The van der Waals surface area contributed by atoms with Crippen molar-refractivity contribution < 1.29 is 9.53 Å². The summed E-state index contributed by atoms with van der Waals surface area (Å²) in [5, 5.41) is 10.4. The summed E-state index contributed by atoms with van der Waals surface area (Å²) in [5.41, 5.74) is 0.373. The van der Waals surface area contributed by atoms with Gasteiger partial charge in [-0.05, 0) is 69.8 Å². The highest BCUT2D eigenvalue weighted by molar-refractivity contribution is 9.10. The minimum atomic E-state index is -0.520. The summed E-state index contributed by atoms with van der Waals surface area (Å²) in [4.78, 5) is 26.1. The number of halogens is 1.